The summed E-state index contributed by atoms with van der Waals surface area (Å²) in [6.07, 6.45) is 1.83. The molecule has 2 N–H and O–H groups in total. The number of ether oxygens (including phenoxy) is 1. The Labute approximate surface area is 97.0 Å². The summed E-state index contributed by atoms with van der Waals surface area (Å²) in [4.78, 5) is 15.2. The van der Waals surface area contributed by atoms with E-state index in [1.165, 1.54) is 7.11 Å². The molecule has 0 radical (unpaired) electrons. The van der Waals surface area contributed by atoms with Gasteiger partial charge < -0.3 is 10.5 Å². The number of pyridine rings is 1. The first kappa shape index (κ1) is 12.1. The quantitative estimate of drug-likeness (QED) is 0.851. The van der Waals surface area contributed by atoms with Crippen LogP contribution < -0.4 is 5.73 Å². The van der Waals surface area contributed by atoms with Crippen LogP contribution in [-0.4, -0.2) is 18.1 Å². The largest absolute Gasteiger partial charge is 0.469 e. The summed E-state index contributed by atoms with van der Waals surface area (Å²) < 4.78 is 5.47. The number of hydrogen-bond acceptors (Lipinski definition) is 4. The second-order valence-corrected chi connectivity index (χ2v) is 4.10. The van der Waals surface area contributed by atoms with Crippen LogP contribution in [0.3, 0.4) is 0 Å². The normalized spacial score (nSPS) is 12.3. The van der Waals surface area contributed by atoms with E-state index < -0.39 is 6.04 Å². The van der Waals surface area contributed by atoms with Crippen molar-refractivity contribution in [3.05, 3.63) is 28.0 Å². The van der Waals surface area contributed by atoms with Crippen LogP contribution >= 0.6 is 15.9 Å². The number of carbonyl (C=O) groups excluding carboxylic acids is 1. The van der Waals surface area contributed by atoms with Crippen molar-refractivity contribution in [1.82, 2.24) is 4.98 Å². The molecule has 0 aliphatic carbocycles. The number of aryl methyl sites for hydroxylation is 1. The Hall–Kier alpha value is -0.940. The van der Waals surface area contributed by atoms with Gasteiger partial charge in [-0.25, -0.2) is 0 Å². The highest BCUT2D eigenvalue weighted by atomic mass is 79.9. The lowest BCUT2D eigenvalue weighted by atomic mass is 10.1. The molecular formula is C10H13BrN2O2. The molecule has 1 aromatic rings. The zero-order chi connectivity index (χ0) is 11.4. The Morgan fingerprint density at radius 2 is 2.40 bits per heavy atom. The van der Waals surface area contributed by atoms with Crippen molar-refractivity contribution in [3.8, 4) is 0 Å². The second-order valence-electron chi connectivity index (χ2n) is 3.25. The Kier molecular flexibility index (Phi) is 4.23. The topological polar surface area (TPSA) is 65.2 Å². The number of halogens is 1. The minimum Gasteiger partial charge on any atom is -0.469 e. The molecule has 0 bridgehead atoms. The maximum absolute atomic E-state index is 11.0. The van der Waals surface area contributed by atoms with Crippen molar-refractivity contribution in [3.63, 3.8) is 0 Å². The average molecular weight is 273 g/mol. The second kappa shape index (κ2) is 5.23. The number of rotatable bonds is 3. The molecule has 0 amide bonds. The monoisotopic (exact) mass is 272 g/mol. The Balaban J connectivity index is 2.78. The van der Waals surface area contributed by atoms with E-state index in [0.29, 0.717) is 5.69 Å². The molecule has 0 aromatic carbocycles. The van der Waals surface area contributed by atoms with E-state index in [-0.39, 0.29) is 12.4 Å². The highest BCUT2D eigenvalue weighted by Crippen LogP contribution is 2.19. The molecule has 0 saturated carbocycles. The fraction of sp³-hybridized carbons (Fsp3) is 0.400. The molecule has 0 spiro atoms. The first-order chi connectivity index (χ1) is 7.04. The summed E-state index contributed by atoms with van der Waals surface area (Å²) >= 11 is 3.35. The zero-order valence-electron chi connectivity index (χ0n) is 8.66. The van der Waals surface area contributed by atoms with Gasteiger partial charge in [0.2, 0.25) is 0 Å². The van der Waals surface area contributed by atoms with Gasteiger partial charge in [-0.2, -0.15) is 0 Å². The number of carbonyl (C=O) groups is 1. The number of hydrogen-bond donors (Lipinski definition) is 1. The first-order valence-electron chi connectivity index (χ1n) is 4.49. The zero-order valence-corrected chi connectivity index (χ0v) is 10.2. The van der Waals surface area contributed by atoms with E-state index >= 15 is 0 Å². The average Bonchev–Trinajstić information content (AvgIpc) is 2.21. The number of nitrogens with zero attached hydrogens (tertiary/aromatic N) is 1. The van der Waals surface area contributed by atoms with Crippen LogP contribution in [0.2, 0.25) is 0 Å². The van der Waals surface area contributed by atoms with Crippen molar-refractivity contribution in [2.75, 3.05) is 7.11 Å². The Morgan fingerprint density at radius 1 is 1.73 bits per heavy atom. The fourth-order valence-electron chi connectivity index (χ4n) is 1.13. The molecule has 0 aliphatic rings. The molecule has 5 heteroatoms. The molecule has 1 aromatic heterocycles. The molecule has 4 nitrogen and oxygen atoms in total. The molecule has 0 saturated heterocycles. The molecule has 1 unspecified atom stereocenters. The van der Waals surface area contributed by atoms with E-state index in [4.69, 9.17) is 5.73 Å². The molecule has 82 valence electrons. The van der Waals surface area contributed by atoms with Gasteiger partial charge in [-0.05, 0) is 34.5 Å². The molecule has 1 heterocycles. The SMILES string of the molecule is COC(=O)CC(N)c1cc(C)c(Br)cn1. The molecular weight excluding hydrogens is 260 g/mol. The van der Waals surface area contributed by atoms with Gasteiger partial charge in [0.1, 0.15) is 0 Å². The van der Waals surface area contributed by atoms with E-state index in [0.717, 1.165) is 10.0 Å². The highest BCUT2D eigenvalue weighted by Gasteiger charge is 2.13. The Morgan fingerprint density at radius 3 is 2.93 bits per heavy atom. The van der Waals surface area contributed by atoms with Crippen LogP contribution in [0.1, 0.15) is 23.7 Å². The van der Waals surface area contributed by atoms with Gasteiger partial charge in [-0.1, -0.05) is 0 Å². The number of esters is 1. The van der Waals surface area contributed by atoms with Gasteiger partial charge in [0, 0.05) is 10.7 Å². The maximum Gasteiger partial charge on any atom is 0.307 e. The standard InChI is InChI=1S/C10H13BrN2O2/c1-6-3-9(13-5-7(6)11)8(12)4-10(14)15-2/h3,5,8H,4,12H2,1-2H3. The van der Waals surface area contributed by atoms with Crippen molar-refractivity contribution in [2.24, 2.45) is 5.73 Å². The predicted octanol–water partition coefficient (Wildman–Crippen LogP) is 1.72. The predicted molar refractivity (Wildman–Crippen MR) is 60.2 cm³/mol. The fourth-order valence-corrected chi connectivity index (χ4v) is 1.35. The summed E-state index contributed by atoms with van der Waals surface area (Å²) in [6.45, 7) is 1.94. The lowest BCUT2D eigenvalue weighted by Crippen LogP contribution is -2.17. The van der Waals surface area contributed by atoms with Gasteiger partial charge in [-0.3, -0.25) is 9.78 Å². The third-order valence-electron chi connectivity index (χ3n) is 2.06. The summed E-state index contributed by atoms with van der Waals surface area (Å²) in [7, 11) is 1.34. The van der Waals surface area contributed by atoms with Crippen molar-refractivity contribution in [2.45, 2.75) is 19.4 Å². The third kappa shape index (κ3) is 3.28. The molecule has 15 heavy (non-hydrogen) atoms. The summed E-state index contributed by atoms with van der Waals surface area (Å²) in [5, 5.41) is 0. The number of aromatic nitrogens is 1. The minimum absolute atomic E-state index is 0.143. The molecule has 1 rings (SSSR count). The van der Waals surface area contributed by atoms with Gasteiger partial charge in [0.15, 0.2) is 0 Å². The summed E-state index contributed by atoms with van der Waals surface area (Å²) in [6, 6.07) is 1.45. The van der Waals surface area contributed by atoms with Gasteiger partial charge in [0.25, 0.3) is 0 Å². The van der Waals surface area contributed by atoms with Crippen molar-refractivity contribution < 1.29 is 9.53 Å². The number of methoxy groups -OCH3 is 1. The van der Waals surface area contributed by atoms with Gasteiger partial charge >= 0.3 is 5.97 Å². The third-order valence-corrected chi connectivity index (χ3v) is 2.89. The van der Waals surface area contributed by atoms with Crippen LogP contribution in [-0.2, 0) is 9.53 Å². The molecule has 0 fully saturated rings. The summed E-state index contributed by atoms with van der Waals surface area (Å²) in [5.74, 6) is -0.329. The molecule has 1 atom stereocenters. The number of nitrogens with two attached hydrogens (primary N) is 1. The van der Waals surface area contributed by atoms with E-state index in [1.54, 1.807) is 6.20 Å². The minimum atomic E-state index is -0.413. The van der Waals surface area contributed by atoms with Gasteiger partial charge in [-0.15, -0.1) is 0 Å². The Bertz CT molecular complexity index is 368. The maximum atomic E-state index is 11.0. The van der Waals surface area contributed by atoms with Crippen molar-refractivity contribution >= 4 is 21.9 Å². The van der Waals surface area contributed by atoms with E-state index in [9.17, 15) is 4.79 Å². The lowest BCUT2D eigenvalue weighted by Gasteiger charge is -2.10. The van der Waals surface area contributed by atoms with Crippen LogP contribution in [0.15, 0.2) is 16.7 Å². The highest BCUT2D eigenvalue weighted by molar-refractivity contribution is 9.10. The smallest absolute Gasteiger partial charge is 0.307 e. The first-order valence-corrected chi connectivity index (χ1v) is 5.28. The van der Waals surface area contributed by atoms with Crippen LogP contribution in [0.4, 0.5) is 0 Å². The van der Waals surface area contributed by atoms with Crippen molar-refractivity contribution in [1.29, 1.82) is 0 Å². The molecule has 0 aliphatic heterocycles. The van der Waals surface area contributed by atoms with E-state index in [1.807, 2.05) is 13.0 Å². The van der Waals surface area contributed by atoms with Crippen LogP contribution in [0.25, 0.3) is 0 Å². The van der Waals surface area contributed by atoms with Gasteiger partial charge in [0.05, 0.1) is 25.3 Å². The summed E-state index contributed by atoms with van der Waals surface area (Å²) in [5.41, 5.74) is 7.55. The lowest BCUT2D eigenvalue weighted by molar-refractivity contribution is -0.141. The van der Waals surface area contributed by atoms with E-state index in [2.05, 4.69) is 25.7 Å². The van der Waals surface area contributed by atoms with Crippen LogP contribution in [0, 0.1) is 6.92 Å². The van der Waals surface area contributed by atoms with Crippen LogP contribution in [0.5, 0.6) is 0 Å².